The minimum absolute atomic E-state index is 0.155. The van der Waals surface area contributed by atoms with Crippen LogP contribution in [0, 0.1) is 0 Å². The van der Waals surface area contributed by atoms with E-state index >= 15 is 0 Å². The van der Waals surface area contributed by atoms with Gasteiger partial charge in [-0.15, -0.1) is 0 Å². The Labute approximate surface area is 237 Å². The van der Waals surface area contributed by atoms with E-state index in [2.05, 4.69) is 5.32 Å². The minimum atomic E-state index is -0.864. The highest BCUT2D eigenvalue weighted by molar-refractivity contribution is 7.80. The smallest absolute Gasteiger partial charge is 0.337 e. The molecule has 0 bridgehead atoms. The summed E-state index contributed by atoms with van der Waals surface area (Å²) in [6.07, 6.45) is -0.155. The topological polar surface area (TPSA) is 107 Å². The average Bonchev–Trinajstić information content (AvgIpc) is 3.20. The van der Waals surface area contributed by atoms with Gasteiger partial charge in [0.1, 0.15) is 11.8 Å². The van der Waals surface area contributed by atoms with Gasteiger partial charge in [-0.25, -0.2) is 4.79 Å². The van der Waals surface area contributed by atoms with Gasteiger partial charge in [-0.1, -0.05) is 6.07 Å². The third kappa shape index (κ3) is 5.99. The summed E-state index contributed by atoms with van der Waals surface area (Å²) in [7, 11) is 5.95. The molecule has 1 atom stereocenters. The number of nitrogens with one attached hydrogen (secondary N) is 1. The molecule has 0 aliphatic carbocycles. The molecule has 1 N–H and O–H groups in total. The summed E-state index contributed by atoms with van der Waals surface area (Å²) in [4.78, 5) is 41.7. The number of nitrogens with zero attached hydrogens (tertiary/aromatic N) is 2. The summed E-state index contributed by atoms with van der Waals surface area (Å²) in [5.74, 6) is 0.547. The molecule has 208 valence electrons. The molecule has 11 heteroatoms. The predicted octanol–water partition coefficient (Wildman–Crippen LogP) is 4.03. The first kappa shape index (κ1) is 28.4. The fourth-order valence-corrected chi connectivity index (χ4v) is 4.74. The zero-order valence-corrected chi connectivity index (χ0v) is 23.3. The summed E-state index contributed by atoms with van der Waals surface area (Å²) in [6, 6.07) is 17.8. The highest BCUT2D eigenvalue weighted by Gasteiger charge is 2.44. The molecule has 0 radical (unpaired) electrons. The number of methoxy groups -OCH3 is 4. The molecule has 4 rings (SSSR count). The molecule has 1 aliphatic rings. The predicted molar refractivity (Wildman–Crippen MR) is 153 cm³/mol. The van der Waals surface area contributed by atoms with Gasteiger partial charge in [0, 0.05) is 12.2 Å². The van der Waals surface area contributed by atoms with Crippen molar-refractivity contribution in [1.29, 1.82) is 0 Å². The molecule has 1 saturated heterocycles. The van der Waals surface area contributed by atoms with E-state index in [4.69, 9.17) is 31.2 Å². The molecule has 1 fully saturated rings. The molecule has 1 heterocycles. The number of carbonyl (C=O) groups excluding carboxylic acids is 3. The Bertz CT molecular complexity index is 1410. The third-order valence-corrected chi connectivity index (χ3v) is 6.84. The Morgan fingerprint density at radius 2 is 1.55 bits per heavy atom. The van der Waals surface area contributed by atoms with E-state index in [1.807, 2.05) is 12.1 Å². The van der Waals surface area contributed by atoms with Gasteiger partial charge in [-0.2, -0.15) is 0 Å². The fraction of sp³-hybridized carbons (Fsp3) is 0.241. The van der Waals surface area contributed by atoms with E-state index in [1.54, 1.807) is 80.8 Å². The van der Waals surface area contributed by atoms with Crippen molar-refractivity contribution in [2.45, 2.75) is 19.0 Å². The molecule has 10 nitrogen and oxygen atoms in total. The summed E-state index contributed by atoms with van der Waals surface area (Å²) in [5.41, 5.74) is 2.21. The molecule has 40 heavy (non-hydrogen) atoms. The van der Waals surface area contributed by atoms with Crippen LogP contribution in [0.5, 0.6) is 17.2 Å². The Balaban J connectivity index is 1.59. The van der Waals surface area contributed by atoms with Gasteiger partial charge in [0.15, 0.2) is 16.6 Å². The van der Waals surface area contributed by atoms with Crippen LogP contribution >= 0.6 is 12.2 Å². The van der Waals surface area contributed by atoms with Crippen LogP contribution < -0.4 is 24.4 Å². The van der Waals surface area contributed by atoms with Gasteiger partial charge in [0.2, 0.25) is 5.91 Å². The van der Waals surface area contributed by atoms with Crippen LogP contribution in [0.25, 0.3) is 0 Å². The van der Waals surface area contributed by atoms with Gasteiger partial charge in [-0.05, 0) is 78.4 Å². The highest BCUT2D eigenvalue weighted by Crippen LogP contribution is 2.32. The Morgan fingerprint density at radius 1 is 0.875 bits per heavy atom. The minimum Gasteiger partial charge on any atom is -0.497 e. The van der Waals surface area contributed by atoms with Crippen molar-refractivity contribution in [3.63, 3.8) is 0 Å². The first-order valence-corrected chi connectivity index (χ1v) is 12.7. The average molecular weight is 564 g/mol. The van der Waals surface area contributed by atoms with Crippen LogP contribution in [0.4, 0.5) is 11.4 Å². The zero-order valence-electron chi connectivity index (χ0n) is 22.5. The highest BCUT2D eigenvalue weighted by atomic mass is 32.1. The van der Waals surface area contributed by atoms with Crippen molar-refractivity contribution < 1.29 is 33.3 Å². The summed E-state index contributed by atoms with van der Waals surface area (Å²) >= 11 is 5.77. The summed E-state index contributed by atoms with van der Waals surface area (Å²) in [6.45, 7) is 0.253. The quantitative estimate of drug-likeness (QED) is 0.289. The van der Waals surface area contributed by atoms with Gasteiger partial charge in [0.05, 0.1) is 46.1 Å². The van der Waals surface area contributed by atoms with Gasteiger partial charge < -0.3 is 29.2 Å². The maximum atomic E-state index is 13.7. The monoisotopic (exact) mass is 563 g/mol. The summed E-state index contributed by atoms with van der Waals surface area (Å²) < 4.78 is 20.7. The number of anilines is 2. The summed E-state index contributed by atoms with van der Waals surface area (Å²) in [5, 5.41) is 3.06. The Kier molecular flexibility index (Phi) is 8.85. The Morgan fingerprint density at radius 3 is 2.15 bits per heavy atom. The molecule has 3 aromatic rings. The number of benzene rings is 3. The molecular formula is C29H29N3O7S. The van der Waals surface area contributed by atoms with E-state index in [9.17, 15) is 14.4 Å². The second-order valence-corrected chi connectivity index (χ2v) is 9.17. The van der Waals surface area contributed by atoms with Crippen molar-refractivity contribution >= 4 is 46.5 Å². The molecule has 0 saturated carbocycles. The normalized spacial score (nSPS) is 14.7. The number of amides is 2. The molecule has 0 spiro atoms. The van der Waals surface area contributed by atoms with E-state index < -0.39 is 12.0 Å². The third-order valence-electron chi connectivity index (χ3n) is 6.42. The number of hydrogen-bond acceptors (Lipinski definition) is 8. The molecular weight excluding hydrogens is 534 g/mol. The lowest BCUT2D eigenvalue weighted by Gasteiger charge is -2.24. The van der Waals surface area contributed by atoms with Crippen LogP contribution in [0.1, 0.15) is 22.3 Å². The van der Waals surface area contributed by atoms with Gasteiger partial charge >= 0.3 is 5.97 Å². The number of carbonyl (C=O) groups is 3. The zero-order chi connectivity index (χ0) is 28.8. The lowest BCUT2D eigenvalue weighted by molar-refractivity contribution is -0.124. The molecule has 3 aromatic carbocycles. The number of ether oxygens (including phenoxy) is 4. The Hall–Kier alpha value is -4.64. The SMILES string of the molecule is COC(=O)c1ccc(NC(=O)CC2C(=O)N(c3ccc(OC)cc3)C(=S)N2Cc2ccc(OC)c(OC)c2)cc1. The van der Waals surface area contributed by atoms with Crippen molar-refractivity contribution in [2.75, 3.05) is 38.7 Å². The van der Waals surface area contributed by atoms with Crippen molar-refractivity contribution in [1.82, 2.24) is 4.90 Å². The van der Waals surface area contributed by atoms with E-state index in [-0.39, 0.29) is 29.9 Å². The van der Waals surface area contributed by atoms with E-state index in [1.165, 1.54) is 12.0 Å². The maximum absolute atomic E-state index is 13.7. The molecule has 1 unspecified atom stereocenters. The lowest BCUT2D eigenvalue weighted by atomic mass is 10.1. The molecule has 1 aliphatic heterocycles. The molecule has 0 aromatic heterocycles. The van der Waals surface area contributed by atoms with Crippen LogP contribution in [0.3, 0.4) is 0 Å². The fourth-order valence-electron chi connectivity index (χ4n) is 4.35. The van der Waals surface area contributed by atoms with E-state index in [0.29, 0.717) is 34.2 Å². The van der Waals surface area contributed by atoms with Crippen LogP contribution in [0.15, 0.2) is 66.7 Å². The second-order valence-electron chi connectivity index (χ2n) is 8.81. The number of hydrogen-bond donors (Lipinski definition) is 1. The number of rotatable bonds is 10. The van der Waals surface area contributed by atoms with Crippen LogP contribution in [0.2, 0.25) is 0 Å². The molecule has 2 amide bonds. The second kappa shape index (κ2) is 12.5. The standard InChI is InChI=1S/C29H29N3O7S/c1-36-22-12-10-21(11-13-22)32-27(34)23(16-26(33)30-20-8-6-19(7-9-20)28(35)39-4)31(29(32)40)17-18-5-14-24(37-2)25(15-18)38-3/h5-15,23H,16-17H2,1-4H3,(H,30,33). The van der Waals surface area contributed by atoms with Crippen LogP contribution in [-0.4, -0.2) is 62.3 Å². The maximum Gasteiger partial charge on any atom is 0.337 e. The first-order valence-electron chi connectivity index (χ1n) is 12.3. The van der Waals surface area contributed by atoms with Gasteiger partial charge in [-0.3, -0.25) is 14.5 Å². The van der Waals surface area contributed by atoms with E-state index in [0.717, 1.165) is 5.56 Å². The number of thiocarbonyl (C=S) groups is 1. The van der Waals surface area contributed by atoms with Crippen molar-refractivity contribution in [3.05, 3.63) is 77.9 Å². The van der Waals surface area contributed by atoms with Gasteiger partial charge in [0.25, 0.3) is 5.91 Å². The largest absolute Gasteiger partial charge is 0.497 e. The van der Waals surface area contributed by atoms with Crippen LogP contribution in [-0.2, 0) is 20.9 Å². The van der Waals surface area contributed by atoms with Crippen molar-refractivity contribution in [2.24, 2.45) is 0 Å². The first-order chi connectivity index (χ1) is 19.3. The number of esters is 1. The lowest BCUT2D eigenvalue weighted by Crippen LogP contribution is -2.37. The van der Waals surface area contributed by atoms with Crippen molar-refractivity contribution in [3.8, 4) is 17.2 Å².